The minimum absolute atomic E-state index is 0.0592. The van der Waals surface area contributed by atoms with Gasteiger partial charge in [0.1, 0.15) is 0 Å². The molecule has 21 heavy (non-hydrogen) atoms. The Kier molecular flexibility index (Phi) is 6.60. The van der Waals surface area contributed by atoms with Crippen molar-refractivity contribution in [2.45, 2.75) is 39.7 Å². The van der Waals surface area contributed by atoms with Crippen LogP contribution in [0, 0.1) is 5.92 Å². The number of anilines is 1. The van der Waals surface area contributed by atoms with Crippen molar-refractivity contribution >= 4 is 22.4 Å². The highest BCUT2D eigenvalue weighted by Crippen LogP contribution is 2.19. The zero-order valence-corrected chi connectivity index (χ0v) is 13.8. The highest BCUT2D eigenvalue weighted by Gasteiger charge is 2.17. The van der Waals surface area contributed by atoms with Crippen molar-refractivity contribution in [3.8, 4) is 0 Å². The summed E-state index contributed by atoms with van der Waals surface area (Å²) in [6.45, 7) is 9.18. The van der Waals surface area contributed by atoms with Crippen LogP contribution in [-0.2, 0) is 11.3 Å². The van der Waals surface area contributed by atoms with Crippen LogP contribution in [0.5, 0.6) is 0 Å². The molecule has 0 radical (unpaired) electrons. The maximum Gasteiger partial charge on any atom is 0.223 e. The molecule has 0 spiro atoms. The lowest BCUT2D eigenvalue weighted by molar-refractivity contribution is -0.114. The number of nitrogens with zero attached hydrogens (tertiary/aromatic N) is 2. The van der Waals surface area contributed by atoms with E-state index < -0.39 is 0 Å². The van der Waals surface area contributed by atoms with E-state index >= 15 is 0 Å². The van der Waals surface area contributed by atoms with E-state index in [-0.39, 0.29) is 5.91 Å². The van der Waals surface area contributed by atoms with Crippen LogP contribution < -0.4 is 10.6 Å². The molecule has 0 unspecified atom stereocenters. The first-order chi connectivity index (χ1) is 10.2. The topological polar surface area (TPSA) is 57.3 Å². The Hall–Kier alpha value is -0.980. The molecule has 0 aromatic carbocycles. The summed E-state index contributed by atoms with van der Waals surface area (Å²) in [5.74, 6) is 0.738. The smallest absolute Gasteiger partial charge is 0.223 e. The van der Waals surface area contributed by atoms with Gasteiger partial charge in [-0.2, -0.15) is 0 Å². The zero-order valence-electron chi connectivity index (χ0n) is 13.0. The van der Waals surface area contributed by atoms with E-state index in [4.69, 9.17) is 0 Å². The lowest BCUT2D eigenvalue weighted by atomic mass is 9.97. The van der Waals surface area contributed by atoms with Gasteiger partial charge in [0, 0.05) is 25.4 Å². The molecule has 1 aliphatic heterocycles. The lowest BCUT2D eigenvalue weighted by Crippen LogP contribution is -2.36. The molecule has 2 rings (SSSR count). The molecule has 2 N–H and O–H groups in total. The average Bonchev–Trinajstić information content (AvgIpc) is 2.86. The molecule has 1 saturated heterocycles. The fraction of sp³-hybridized carbons (Fsp3) is 0.733. The minimum atomic E-state index is -0.0592. The molecule has 0 aliphatic carbocycles. The Morgan fingerprint density at radius 1 is 1.52 bits per heavy atom. The molecule has 0 atom stereocenters. The third kappa shape index (κ3) is 5.73. The van der Waals surface area contributed by atoms with Crippen LogP contribution in [0.1, 0.15) is 38.8 Å². The Morgan fingerprint density at radius 2 is 2.29 bits per heavy atom. The summed E-state index contributed by atoms with van der Waals surface area (Å²) in [5, 5.41) is 8.93. The molecule has 5 nitrogen and oxygen atoms in total. The summed E-state index contributed by atoms with van der Waals surface area (Å²) >= 11 is 1.50. The second-order valence-electron chi connectivity index (χ2n) is 5.75. The van der Waals surface area contributed by atoms with E-state index in [1.807, 2.05) is 0 Å². The molecule has 0 saturated carbocycles. The van der Waals surface area contributed by atoms with Gasteiger partial charge in [-0.05, 0) is 44.8 Å². The third-order valence-electron chi connectivity index (χ3n) is 3.74. The SMILES string of the molecule is CCCN(Cc1csc(NC(C)=O)n1)CC1CCNCC1. The van der Waals surface area contributed by atoms with Gasteiger partial charge >= 0.3 is 0 Å². The van der Waals surface area contributed by atoms with Crippen molar-refractivity contribution < 1.29 is 4.79 Å². The van der Waals surface area contributed by atoms with E-state index in [9.17, 15) is 4.79 Å². The van der Waals surface area contributed by atoms with Crippen LogP contribution in [0.15, 0.2) is 5.38 Å². The number of carbonyl (C=O) groups is 1. The summed E-state index contributed by atoms with van der Waals surface area (Å²) < 4.78 is 0. The number of hydrogen-bond donors (Lipinski definition) is 2. The second kappa shape index (κ2) is 8.46. The highest BCUT2D eigenvalue weighted by atomic mass is 32.1. The fourth-order valence-electron chi connectivity index (χ4n) is 2.80. The van der Waals surface area contributed by atoms with Crippen LogP contribution in [0.25, 0.3) is 0 Å². The molecular formula is C15H26N4OS. The van der Waals surface area contributed by atoms with Crippen LogP contribution in [0.4, 0.5) is 5.13 Å². The number of piperidine rings is 1. The number of aromatic nitrogens is 1. The quantitative estimate of drug-likeness (QED) is 0.811. The van der Waals surface area contributed by atoms with E-state index in [0.717, 1.165) is 50.8 Å². The van der Waals surface area contributed by atoms with Crippen LogP contribution in [0.2, 0.25) is 0 Å². The van der Waals surface area contributed by atoms with Gasteiger partial charge in [-0.25, -0.2) is 4.98 Å². The summed E-state index contributed by atoms with van der Waals surface area (Å²) in [5.41, 5.74) is 1.06. The Morgan fingerprint density at radius 3 is 2.95 bits per heavy atom. The molecule has 2 heterocycles. The van der Waals surface area contributed by atoms with Gasteiger partial charge in [-0.15, -0.1) is 11.3 Å². The van der Waals surface area contributed by atoms with Gasteiger partial charge in [0.25, 0.3) is 0 Å². The first-order valence-electron chi connectivity index (χ1n) is 7.82. The van der Waals surface area contributed by atoms with E-state index in [2.05, 4.69) is 32.8 Å². The first kappa shape index (κ1) is 16.4. The maximum absolute atomic E-state index is 11.0. The summed E-state index contributed by atoms with van der Waals surface area (Å²) in [7, 11) is 0. The monoisotopic (exact) mass is 310 g/mol. The van der Waals surface area contributed by atoms with Gasteiger partial charge in [-0.1, -0.05) is 6.92 Å². The maximum atomic E-state index is 11.0. The zero-order chi connectivity index (χ0) is 15.1. The van der Waals surface area contributed by atoms with E-state index in [0.29, 0.717) is 5.13 Å². The Balaban J connectivity index is 1.88. The predicted octanol–water partition coefficient (Wildman–Crippen LogP) is 2.31. The second-order valence-corrected chi connectivity index (χ2v) is 6.61. The summed E-state index contributed by atoms with van der Waals surface area (Å²) in [6, 6.07) is 0. The largest absolute Gasteiger partial charge is 0.317 e. The van der Waals surface area contributed by atoms with Crippen molar-refractivity contribution in [2.75, 3.05) is 31.5 Å². The minimum Gasteiger partial charge on any atom is -0.317 e. The Bertz CT molecular complexity index is 443. The number of carbonyl (C=O) groups excluding carboxylic acids is 1. The molecule has 1 aliphatic rings. The number of rotatable bonds is 7. The van der Waals surface area contributed by atoms with E-state index in [1.54, 1.807) is 0 Å². The van der Waals surface area contributed by atoms with Crippen LogP contribution in [-0.4, -0.2) is 42.0 Å². The van der Waals surface area contributed by atoms with Gasteiger partial charge in [0.15, 0.2) is 5.13 Å². The fourth-order valence-corrected chi connectivity index (χ4v) is 3.54. The number of hydrogen-bond acceptors (Lipinski definition) is 5. The van der Waals surface area contributed by atoms with Crippen molar-refractivity contribution in [1.29, 1.82) is 0 Å². The highest BCUT2D eigenvalue weighted by molar-refractivity contribution is 7.13. The predicted molar refractivity (Wildman–Crippen MR) is 87.6 cm³/mol. The molecule has 1 amide bonds. The van der Waals surface area contributed by atoms with Crippen molar-refractivity contribution in [1.82, 2.24) is 15.2 Å². The van der Waals surface area contributed by atoms with E-state index in [1.165, 1.54) is 31.1 Å². The summed E-state index contributed by atoms with van der Waals surface area (Å²) in [6.07, 6.45) is 3.70. The Labute approximate surface area is 131 Å². The normalized spacial score (nSPS) is 16.3. The van der Waals surface area contributed by atoms with Gasteiger partial charge in [0.2, 0.25) is 5.91 Å². The third-order valence-corrected chi connectivity index (χ3v) is 4.54. The molecule has 0 bridgehead atoms. The molecule has 1 aromatic heterocycles. The lowest BCUT2D eigenvalue weighted by Gasteiger charge is -2.29. The van der Waals surface area contributed by atoms with Crippen LogP contribution >= 0.6 is 11.3 Å². The molecule has 118 valence electrons. The molecule has 1 aromatic rings. The molecular weight excluding hydrogens is 284 g/mol. The van der Waals surface area contributed by atoms with Gasteiger partial charge in [-0.3, -0.25) is 9.69 Å². The molecule has 6 heteroatoms. The van der Waals surface area contributed by atoms with Crippen molar-refractivity contribution in [3.05, 3.63) is 11.1 Å². The average molecular weight is 310 g/mol. The molecule has 1 fully saturated rings. The number of amides is 1. The number of nitrogens with one attached hydrogen (secondary N) is 2. The van der Waals surface area contributed by atoms with Crippen molar-refractivity contribution in [2.24, 2.45) is 5.92 Å². The standard InChI is InChI=1S/C15H26N4OS/c1-3-8-19(9-13-4-6-16-7-5-13)10-14-11-21-15(18-14)17-12(2)20/h11,13,16H,3-10H2,1-2H3,(H,17,18,20). The van der Waals surface area contributed by atoms with Gasteiger partial charge < -0.3 is 10.6 Å². The van der Waals surface area contributed by atoms with Gasteiger partial charge in [0.05, 0.1) is 5.69 Å². The first-order valence-corrected chi connectivity index (χ1v) is 8.70. The van der Waals surface area contributed by atoms with Crippen molar-refractivity contribution in [3.63, 3.8) is 0 Å². The number of thiazole rings is 1. The van der Waals surface area contributed by atoms with Crippen LogP contribution in [0.3, 0.4) is 0 Å². The summed E-state index contributed by atoms with van der Waals surface area (Å²) in [4.78, 5) is 18.0.